The summed E-state index contributed by atoms with van der Waals surface area (Å²) in [7, 11) is 0. The van der Waals surface area contributed by atoms with E-state index in [1.165, 1.54) is 53.8 Å². The van der Waals surface area contributed by atoms with Crippen molar-refractivity contribution in [3.8, 4) is 0 Å². The Bertz CT molecular complexity index is 801. The maximum atomic E-state index is 14.0. The van der Waals surface area contributed by atoms with Crippen molar-refractivity contribution in [2.24, 2.45) is 23.2 Å². The summed E-state index contributed by atoms with van der Waals surface area (Å²) in [6.07, 6.45) is 8.74. The highest BCUT2D eigenvalue weighted by molar-refractivity contribution is 7.10. The first-order valence-electron chi connectivity index (χ1n) is 10.1. The van der Waals surface area contributed by atoms with Gasteiger partial charge < -0.3 is 4.90 Å². The molecule has 0 saturated heterocycles. The first-order chi connectivity index (χ1) is 12.7. The summed E-state index contributed by atoms with van der Waals surface area (Å²) in [5.41, 5.74) is 1.36. The largest absolute Gasteiger partial charge is 0.330 e. The zero-order valence-corrected chi connectivity index (χ0v) is 16.7. The Balaban J connectivity index is 1.40. The molecule has 4 saturated carbocycles. The number of carbonyl (C=O) groups excluding carboxylic acids is 1. The van der Waals surface area contributed by atoms with E-state index in [9.17, 15) is 4.79 Å². The third-order valence-corrected chi connectivity index (χ3v) is 9.45. The van der Waals surface area contributed by atoms with Gasteiger partial charge in [-0.1, -0.05) is 6.07 Å². The molecule has 5 aliphatic rings. The van der Waals surface area contributed by atoms with Crippen LogP contribution in [0.2, 0.25) is 0 Å². The minimum absolute atomic E-state index is 0.0300. The van der Waals surface area contributed by atoms with E-state index in [0.717, 1.165) is 30.7 Å². The van der Waals surface area contributed by atoms with Gasteiger partial charge in [0.25, 0.3) is 0 Å². The molecule has 1 atom stereocenters. The van der Waals surface area contributed by atoms with Crippen molar-refractivity contribution in [1.29, 1.82) is 0 Å². The minimum atomic E-state index is -0.0300. The zero-order chi connectivity index (χ0) is 17.3. The van der Waals surface area contributed by atoms with Crippen LogP contribution in [0.15, 0.2) is 29.0 Å². The summed E-state index contributed by atoms with van der Waals surface area (Å²) in [5.74, 6) is 2.97. The van der Waals surface area contributed by atoms with E-state index in [1.54, 1.807) is 11.3 Å². The standard InChI is InChI=1S/C22H25NOS2/c24-21(22-11-14-8-15(12-22)10-16(9-14)13-22)23-5-3-18-17(4-7-26-18)20(23)19-2-1-6-25-19/h1-2,4,6-7,14-16,20H,3,5,8-13H2. The number of thiophene rings is 2. The number of amides is 1. The highest BCUT2D eigenvalue weighted by atomic mass is 32.1. The summed E-state index contributed by atoms with van der Waals surface area (Å²) >= 11 is 3.67. The molecule has 1 amide bonds. The molecule has 4 fully saturated rings. The Hall–Kier alpha value is -1.13. The predicted octanol–water partition coefficient (Wildman–Crippen LogP) is 5.50. The third-order valence-electron chi connectivity index (χ3n) is 7.53. The number of fused-ring (bicyclic) bond motifs is 1. The van der Waals surface area contributed by atoms with E-state index in [2.05, 4.69) is 33.9 Å². The Morgan fingerprint density at radius 1 is 1.00 bits per heavy atom. The lowest BCUT2D eigenvalue weighted by Crippen LogP contribution is -2.56. The van der Waals surface area contributed by atoms with Crippen molar-refractivity contribution in [3.63, 3.8) is 0 Å². The van der Waals surface area contributed by atoms with E-state index in [4.69, 9.17) is 0 Å². The second-order valence-electron chi connectivity index (χ2n) is 9.16. The van der Waals surface area contributed by atoms with Crippen molar-refractivity contribution in [2.75, 3.05) is 6.54 Å². The second-order valence-corrected chi connectivity index (χ2v) is 11.1. The molecule has 3 heterocycles. The lowest BCUT2D eigenvalue weighted by atomic mass is 9.49. The summed E-state index contributed by atoms with van der Waals surface area (Å²) in [5, 5.41) is 4.37. The van der Waals surface area contributed by atoms with Crippen LogP contribution in [0.25, 0.3) is 0 Å². The highest BCUT2D eigenvalue weighted by Gasteiger charge is 2.56. The van der Waals surface area contributed by atoms with Gasteiger partial charge in [-0.05, 0) is 91.2 Å². The van der Waals surface area contributed by atoms with Crippen molar-refractivity contribution < 1.29 is 4.79 Å². The van der Waals surface area contributed by atoms with Gasteiger partial charge in [-0.25, -0.2) is 0 Å². The maximum absolute atomic E-state index is 14.0. The van der Waals surface area contributed by atoms with Crippen LogP contribution in [-0.2, 0) is 11.2 Å². The van der Waals surface area contributed by atoms with E-state index < -0.39 is 0 Å². The molecular weight excluding hydrogens is 358 g/mol. The molecule has 7 rings (SSSR count). The van der Waals surface area contributed by atoms with Crippen LogP contribution in [0, 0.1) is 23.2 Å². The van der Waals surface area contributed by atoms with Crippen molar-refractivity contribution in [1.82, 2.24) is 4.90 Å². The number of hydrogen-bond acceptors (Lipinski definition) is 3. The van der Waals surface area contributed by atoms with Gasteiger partial charge in [0.2, 0.25) is 5.91 Å². The molecule has 2 aromatic rings. The van der Waals surface area contributed by atoms with Gasteiger partial charge in [0, 0.05) is 16.3 Å². The van der Waals surface area contributed by atoms with Crippen molar-refractivity contribution in [2.45, 2.75) is 51.0 Å². The van der Waals surface area contributed by atoms with Crippen molar-refractivity contribution in [3.05, 3.63) is 44.3 Å². The molecule has 0 N–H and O–H groups in total. The fourth-order valence-electron chi connectivity index (χ4n) is 6.97. The van der Waals surface area contributed by atoms with E-state index >= 15 is 0 Å². The van der Waals surface area contributed by atoms with Gasteiger partial charge in [0.15, 0.2) is 0 Å². The first kappa shape index (κ1) is 15.9. The molecule has 4 bridgehead atoms. The Morgan fingerprint density at radius 2 is 1.73 bits per heavy atom. The lowest BCUT2D eigenvalue weighted by Gasteiger charge is -2.57. The molecule has 0 spiro atoms. The van der Waals surface area contributed by atoms with Gasteiger partial charge in [-0.15, -0.1) is 22.7 Å². The van der Waals surface area contributed by atoms with E-state index in [-0.39, 0.29) is 11.5 Å². The molecule has 0 radical (unpaired) electrons. The van der Waals surface area contributed by atoms with E-state index in [0.29, 0.717) is 5.91 Å². The normalized spacial score (nSPS) is 37.8. The predicted molar refractivity (Wildman–Crippen MR) is 107 cm³/mol. The molecule has 2 nitrogen and oxygen atoms in total. The fraction of sp³-hybridized carbons (Fsp3) is 0.591. The fourth-order valence-corrected chi connectivity index (χ4v) is 8.72. The summed E-state index contributed by atoms with van der Waals surface area (Å²) in [6.45, 7) is 0.899. The average molecular weight is 384 g/mol. The van der Waals surface area contributed by atoms with Crippen LogP contribution in [-0.4, -0.2) is 17.4 Å². The number of nitrogens with zero attached hydrogens (tertiary/aromatic N) is 1. The third kappa shape index (κ3) is 2.24. The summed E-state index contributed by atoms with van der Waals surface area (Å²) < 4.78 is 0. The van der Waals surface area contributed by atoms with Gasteiger partial charge in [-0.2, -0.15) is 0 Å². The molecule has 2 aromatic heterocycles. The SMILES string of the molecule is O=C(N1CCc2sccc2C1c1cccs1)C12CC3CC(CC(C3)C1)C2. The van der Waals surface area contributed by atoms with Crippen LogP contribution in [0.5, 0.6) is 0 Å². The topological polar surface area (TPSA) is 20.3 Å². The molecular formula is C22H25NOS2. The summed E-state index contributed by atoms with van der Waals surface area (Å²) in [4.78, 5) is 19.1. The Labute approximate surface area is 163 Å². The van der Waals surface area contributed by atoms with Gasteiger partial charge in [0.05, 0.1) is 11.5 Å². The van der Waals surface area contributed by atoms with Crippen LogP contribution in [0.1, 0.15) is 59.9 Å². The molecule has 26 heavy (non-hydrogen) atoms. The van der Waals surface area contributed by atoms with Gasteiger partial charge >= 0.3 is 0 Å². The summed E-state index contributed by atoms with van der Waals surface area (Å²) in [6, 6.07) is 6.78. The van der Waals surface area contributed by atoms with Gasteiger partial charge in [-0.3, -0.25) is 4.79 Å². The first-order valence-corrected chi connectivity index (χ1v) is 11.9. The van der Waals surface area contributed by atoms with Crippen LogP contribution >= 0.6 is 22.7 Å². The average Bonchev–Trinajstić information content (AvgIpc) is 3.30. The number of rotatable bonds is 2. The van der Waals surface area contributed by atoms with E-state index in [1.807, 2.05) is 11.3 Å². The minimum Gasteiger partial charge on any atom is -0.330 e. The zero-order valence-electron chi connectivity index (χ0n) is 15.0. The second kappa shape index (κ2) is 5.68. The molecule has 1 unspecified atom stereocenters. The molecule has 136 valence electrons. The molecule has 4 heteroatoms. The van der Waals surface area contributed by atoms with Crippen molar-refractivity contribution >= 4 is 28.6 Å². The van der Waals surface area contributed by atoms with Gasteiger partial charge in [0.1, 0.15) is 0 Å². The lowest BCUT2D eigenvalue weighted by molar-refractivity contribution is -0.159. The molecule has 4 aliphatic carbocycles. The smallest absolute Gasteiger partial charge is 0.229 e. The maximum Gasteiger partial charge on any atom is 0.229 e. The van der Waals surface area contributed by atoms with Crippen LogP contribution in [0.4, 0.5) is 0 Å². The molecule has 0 aromatic carbocycles. The van der Waals surface area contributed by atoms with Crippen LogP contribution in [0.3, 0.4) is 0 Å². The number of hydrogen-bond donors (Lipinski definition) is 0. The highest BCUT2D eigenvalue weighted by Crippen LogP contribution is 2.61. The monoisotopic (exact) mass is 383 g/mol. The Morgan fingerprint density at radius 3 is 2.38 bits per heavy atom. The quantitative estimate of drug-likeness (QED) is 0.670. The number of carbonyl (C=O) groups is 1. The van der Waals surface area contributed by atoms with Crippen LogP contribution < -0.4 is 0 Å². The molecule has 1 aliphatic heterocycles. The Kier molecular flexibility index (Phi) is 3.47.